The molecule has 0 amide bonds. The molecule has 0 aliphatic heterocycles. The summed E-state index contributed by atoms with van der Waals surface area (Å²) in [6.45, 7) is 4.30. The second-order valence-corrected chi connectivity index (χ2v) is 7.23. The van der Waals surface area contributed by atoms with Gasteiger partial charge in [-0.05, 0) is 18.7 Å². The van der Waals surface area contributed by atoms with Crippen molar-refractivity contribution < 1.29 is 8.42 Å². The van der Waals surface area contributed by atoms with Crippen molar-refractivity contribution in [1.29, 1.82) is 0 Å². The number of nitrogens with one attached hydrogen (secondary N) is 2. The first-order valence-corrected chi connectivity index (χ1v) is 8.55. The predicted octanol–water partition coefficient (Wildman–Crippen LogP) is 0.428. The third-order valence-corrected chi connectivity index (χ3v) is 5.59. The summed E-state index contributed by atoms with van der Waals surface area (Å²) in [4.78, 5) is 1.00. The normalized spacial score (nSPS) is 11.8. The molecule has 0 aromatic carbocycles. The molecular weight excluding hydrogens is 298 g/mol. The molecular formula is C11H17N5O2S2. The number of nitrogens with zero attached hydrogens (tertiary/aromatic N) is 3. The fraction of sp³-hybridized carbons (Fsp3) is 0.455. The molecule has 0 atom stereocenters. The molecule has 0 unspecified atom stereocenters. The molecule has 9 heteroatoms. The smallest absolute Gasteiger partial charge is 0.250 e. The second kappa shape index (κ2) is 6.93. The van der Waals surface area contributed by atoms with E-state index in [4.69, 9.17) is 0 Å². The molecule has 0 bridgehead atoms. The van der Waals surface area contributed by atoms with E-state index in [-0.39, 0.29) is 6.54 Å². The van der Waals surface area contributed by atoms with E-state index >= 15 is 0 Å². The maximum Gasteiger partial charge on any atom is 0.250 e. The summed E-state index contributed by atoms with van der Waals surface area (Å²) in [5, 5.41) is 10.6. The Morgan fingerprint density at radius 3 is 2.95 bits per heavy atom. The van der Waals surface area contributed by atoms with Crippen molar-refractivity contribution in [3.63, 3.8) is 0 Å². The van der Waals surface area contributed by atoms with Crippen molar-refractivity contribution in [3.8, 4) is 0 Å². The average molecular weight is 315 g/mol. The van der Waals surface area contributed by atoms with Crippen LogP contribution in [0.4, 0.5) is 0 Å². The van der Waals surface area contributed by atoms with Crippen molar-refractivity contribution in [1.82, 2.24) is 25.0 Å². The first kappa shape index (κ1) is 15.1. The van der Waals surface area contributed by atoms with Crippen LogP contribution < -0.4 is 10.0 Å². The Kier molecular flexibility index (Phi) is 5.24. The number of rotatable bonds is 8. The van der Waals surface area contributed by atoms with E-state index in [1.165, 1.54) is 11.3 Å². The Bertz CT molecular complexity index is 621. The van der Waals surface area contributed by atoms with Gasteiger partial charge < -0.3 is 5.32 Å². The highest BCUT2D eigenvalue weighted by Gasteiger charge is 2.16. The summed E-state index contributed by atoms with van der Waals surface area (Å²) in [6.07, 6.45) is 3.24. The van der Waals surface area contributed by atoms with E-state index in [2.05, 4.69) is 20.4 Å². The maximum absolute atomic E-state index is 12.1. The molecule has 0 saturated carbocycles. The number of thiophene rings is 1. The molecule has 0 radical (unpaired) electrons. The van der Waals surface area contributed by atoms with Crippen LogP contribution >= 0.6 is 11.3 Å². The molecule has 0 aliphatic carbocycles. The van der Waals surface area contributed by atoms with Crippen LogP contribution in [0.1, 0.15) is 11.8 Å². The molecule has 2 N–H and O–H groups in total. The molecule has 0 fully saturated rings. The molecule has 0 spiro atoms. The quantitative estimate of drug-likeness (QED) is 0.737. The van der Waals surface area contributed by atoms with E-state index in [1.807, 2.05) is 13.0 Å². The fourth-order valence-electron chi connectivity index (χ4n) is 1.56. The SMILES string of the molecule is CCNCc1ccc(S(=O)(=O)NCCn2ccnn2)s1. The highest BCUT2D eigenvalue weighted by atomic mass is 32.2. The molecule has 0 aliphatic rings. The van der Waals surface area contributed by atoms with Gasteiger partial charge >= 0.3 is 0 Å². The van der Waals surface area contributed by atoms with Gasteiger partial charge in [-0.25, -0.2) is 13.1 Å². The summed E-state index contributed by atoms with van der Waals surface area (Å²) < 4.78 is 28.6. The lowest BCUT2D eigenvalue weighted by molar-refractivity contribution is 0.554. The second-order valence-electron chi connectivity index (χ2n) is 4.06. The van der Waals surface area contributed by atoms with E-state index in [9.17, 15) is 8.42 Å². The molecule has 2 aromatic heterocycles. The minimum atomic E-state index is -3.44. The highest BCUT2D eigenvalue weighted by molar-refractivity contribution is 7.91. The zero-order valence-electron chi connectivity index (χ0n) is 11.1. The van der Waals surface area contributed by atoms with Crippen molar-refractivity contribution in [2.24, 2.45) is 0 Å². The largest absolute Gasteiger partial charge is 0.312 e. The van der Waals surface area contributed by atoms with Gasteiger partial charge in [0.15, 0.2) is 0 Å². The van der Waals surface area contributed by atoms with Gasteiger partial charge in [0.2, 0.25) is 10.0 Å². The van der Waals surface area contributed by atoms with Gasteiger partial charge in [0.05, 0.1) is 12.7 Å². The Labute approximate surface area is 122 Å². The topological polar surface area (TPSA) is 88.9 Å². The first-order valence-electron chi connectivity index (χ1n) is 6.25. The van der Waals surface area contributed by atoms with Crippen molar-refractivity contribution in [2.75, 3.05) is 13.1 Å². The van der Waals surface area contributed by atoms with Crippen LogP contribution in [0.15, 0.2) is 28.7 Å². The molecule has 0 saturated heterocycles. The summed E-state index contributed by atoms with van der Waals surface area (Å²) in [6, 6.07) is 3.47. The Morgan fingerprint density at radius 1 is 1.40 bits per heavy atom. The summed E-state index contributed by atoms with van der Waals surface area (Å²) in [5.41, 5.74) is 0. The lowest BCUT2D eigenvalue weighted by atomic mass is 10.4. The lowest BCUT2D eigenvalue weighted by Crippen LogP contribution is -2.27. The molecule has 20 heavy (non-hydrogen) atoms. The van der Waals surface area contributed by atoms with E-state index in [0.717, 1.165) is 11.4 Å². The molecule has 2 aromatic rings. The van der Waals surface area contributed by atoms with Gasteiger partial charge in [-0.3, -0.25) is 4.68 Å². The standard InChI is InChI=1S/C11H17N5O2S2/c1-2-12-9-10-3-4-11(19-10)20(17,18)14-6-8-16-7-5-13-15-16/h3-5,7,12,14H,2,6,8-9H2,1H3. The van der Waals surface area contributed by atoms with Gasteiger partial charge in [0.25, 0.3) is 0 Å². The van der Waals surface area contributed by atoms with Crippen LogP contribution in [0.5, 0.6) is 0 Å². The highest BCUT2D eigenvalue weighted by Crippen LogP contribution is 2.21. The third-order valence-electron chi connectivity index (χ3n) is 2.56. The fourth-order valence-corrected chi connectivity index (χ4v) is 3.95. The number of hydrogen-bond donors (Lipinski definition) is 2. The first-order chi connectivity index (χ1) is 9.62. The number of sulfonamides is 1. The molecule has 110 valence electrons. The monoisotopic (exact) mass is 315 g/mol. The minimum absolute atomic E-state index is 0.284. The van der Waals surface area contributed by atoms with Crippen molar-refractivity contribution >= 4 is 21.4 Å². The van der Waals surface area contributed by atoms with E-state index < -0.39 is 10.0 Å². The average Bonchev–Trinajstić information content (AvgIpc) is 3.07. The molecule has 7 nitrogen and oxygen atoms in total. The number of aromatic nitrogens is 3. The van der Waals surface area contributed by atoms with Crippen LogP contribution in [0.25, 0.3) is 0 Å². The minimum Gasteiger partial charge on any atom is -0.312 e. The maximum atomic E-state index is 12.1. The van der Waals surface area contributed by atoms with E-state index in [1.54, 1.807) is 23.1 Å². The molecule has 2 rings (SSSR count). The third kappa shape index (κ3) is 4.10. The van der Waals surface area contributed by atoms with Crippen LogP contribution in [-0.2, 0) is 23.1 Å². The van der Waals surface area contributed by atoms with Gasteiger partial charge in [-0.15, -0.1) is 16.4 Å². The summed E-state index contributed by atoms with van der Waals surface area (Å²) in [5.74, 6) is 0. The zero-order chi connectivity index (χ0) is 14.4. The predicted molar refractivity (Wildman–Crippen MR) is 76.9 cm³/mol. The van der Waals surface area contributed by atoms with Crippen LogP contribution in [0.2, 0.25) is 0 Å². The molecule has 2 heterocycles. The van der Waals surface area contributed by atoms with Gasteiger partial charge in [-0.2, -0.15) is 0 Å². The summed E-state index contributed by atoms with van der Waals surface area (Å²) in [7, 11) is -3.44. The van der Waals surface area contributed by atoms with Crippen LogP contribution in [0.3, 0.4) is 0 Å². The summed E-state index contributed by atoms with van der Waals surface area (Å²) >= 11 is 1.28. The van der Waals surface area contributed by atoms with Crippen LogP contribution in [-0.4, -0.2) is 36.5 Å². The van der Waals surface area contributed by atoms with Crippen molar-refractivity contribution in [2.45, 2.75) is 24.2 Å². The van der Waals surface area contributed by atoms with Crippen molar-refractivity contribution in [3.05, 3.63) is 29.4 Å². The van der Waals surface area contributed by atoms with E-state index in [0.29, 0.717) is 17.3 Å². The lowest BCUT2D eigenvalue weighted by Gasteiger charge is -2.04. The zero-order valence-corrected chi connectivity index (χ0v) is 12.7. The van der Waals surface area contributed by atoms with Crippen LogP contribution in [0, 0.1) is 0 Å². The van der Waals surface area contributed by atoms with Gasteiger partial charge in [0, 0.05) is 24.2 Å². The Morgan fingerprint density at radius 2 is 2.25 bits per heavy atom. The Balaban J connectivity index is 1.90. The van der Waals surface area contributed by atoms with Gasteiger partial charge in [0.1, 0.15) is 4.21 Å². The Hall–Kier alpha value is -1.29. The van der Waals surface area contributed by atoms with Gasteiger partial charge in [-0.1, -0.05) is 12.1 Å². The number of hydrogen-bond acceptors (Lipinski definition) is 6.